The Bertz CT molecular complexity index is 575. The maximum atomic E-state index is 11.9. The van der Waals surface area contributed by atoms with Gasteiger partial charge < -0.3 is 10.6 Å². The second-order valence-corrected chi connectivity index (χ2v) is 6.93. The van der Waals surface area contributed by atoms with Crippen LogP contribution in [0.25, 0.3) is 0 Å². The lowest BCUT2D eigenvalue weighted by Crippen LogP contribution is -2.37. The standard InChI is InChI=1S/C14H24N4O2S/c1-5-18(6-2)14(15)16-11-12-7-9-13(10-8-12)21(19,20)17(3)4/h7-10H,5-6,11H2,1-4H3,(H2,15,16). The van der Waals surface area contributed by atoms with Crippen molar-refractivity contribution in [3.05, 3.63) is 29.8 Å². The summed E-state index contributed by atoms with van der Waals surface area (Å²) < 4.78 is 25.1. The number of sulfonamides is 1. The van der Waals surface area contributed by atoms with Crippen LogP contribution in [0.1, 0.15) is 19.4 Å². The fraction of sp³-hybridized carbons (Fsp3) is 0.500. The van der Waals surface area contributed by atoms with E-state index in [0.29, 0.717) is 12.5 Å². The summed E-state index contributed by atoms with van der Waals surface area (Å²) in [6.07, 6.45) is 0. The number of aliphatic imine (C=N–C) groups is 1. The summed E-state index contributed by atoms with van der Waals surface area (Å²) in [4.78, 5) is 6.56. The van der Waals surface area contributed by atoms with Gasteiger partial charge in [-0.25, -0.2) is 17.7 Å². The van der Waals surface area contributed by atoms with E-state index in [1.165, 1.54) is 18.4 Å². The van der Waals surface area contributed by atoms with Gasteiger partial charge >= 0.3 is 0 Å². The Hall–Kier alpha value is -1.60. The molecule has 0 spiro atoms. The molecule has 0 aliphatic heterocycles. The molecule has 0 saturated carbocycles. The highest BCUT2D eigenvalue weighted by Gasteiger charge is 2.16. The van der Waals surface area contributed by atoms with Gasteiger partial charge in [-0.1, -0.05) is 12.1 Å². The molecule has 2 N–H and O–H groups in total. The third-order valence-corrected chi connectivity index (χ3v) is 5.04. The smallest absolute Gasteiger partial charge is 0.242 e. The molecule has 21 heavy (non-hydrogen) atoms. The van der Waals surface area contributed by atoms with Crippen molar-refractivity contribution in [2.24, 2.45) is 10.7 Å². The topological polar surface area (TPSA) is 79.0 Å². The fourth-order valence-electron chi connectivity index (χ4n) is 1.80. The van der Waals surface area contributed by atoms with Crippen LogP contribution in [0.3, 0.4) is 0 Å². The van der Waals surface area contributed by atoms with Gasteiger partial charge in [0.05, 0.1) is 11.4 Å². The molecule has 0 amide bonds. The largest absolute Gasteiger partial charge is 0.370 e. The SMILES string of the molecule is CCN(CC)C(N)=NCc1ccc(S(=O)(=O)N(C)C)cc1. The van der Waals surface area contributed by atoms with Gasteiger partial charge in [0.2, 0.25) is 10.0 Å². The molecule has 1 aromatic rings. The molecule has 0 heterocycles. The van der Waals surface area contributed by atoms with Gasteiger partial charge in [0.25, 0.3) is 0 Å². The summed E-state index contributed by atoms with van der Waals surface area (Å²) in [5, 5.41) is 0. The maximum Gasteiger partial charge on any atom is 0.242 e. The van der Waals surface area contributed by atoms with E-state index in [0.717, 1.165) is 18.7 Å². The minimum atomic E-state index is -3.38. The van der Waals surface area contributed by atoms with Crippen molar-refractivity contribution in [2.45, 2.75) is 25.3 Å². The van der Waals surface area contributed by atoms with Crippen molar-refractivity contribution in [1.29, 1.82) is 0 Å². The van der Waals surface area contributed by atoms with Gasteiger partial charge in [0.1, 0.15) is 0 Å². The third kappa shape index (κ3) is 4.44. The van der Waals surface area contributed by atoms with E-state index in [4.69, 9.17) is 5.73 Å². The Kier molecular flexibility index (Phi) is 6.17. The van der Waals surface area contributed by atoms with Crippen LogP contribution in [0, 0.1) is 0 Å². The first-order valence-electron chi connectivity index (χ1n) is 6.89. The van der Waals surface area contributed by atoms with Crippen molar-refractivity contribution in [2.75, 3.05) is 27.2 Å². The predicted octanol–water partition coefficient (Wildman–Crippen LogP) is 1.09. The number of hydrogen-bond acceptors (Lipinski definition) is 3. The van der Waals surface area contributed by atoms with Gasteiger partial charge in [0, 0.05) is 27.2 Å². The molecule has 0 saturated heterocycles. The van der Waals surface area contributed by atoms with Crippen LogP contribution in [0.5, 0.6) is 0 Å². The molecule has 118 valence electrons. The summed E-state index contributed by atoms with van der Waals surface area (Å²) in [5.41, 5.74) is 6.82. The molecule has 0 bridgehead atoms. The summed E-state index contributed by atoms with van der Waals surface area (Å²) in [5.74, 6) is 0.505. The molecule has 1 aromatic carbocycles. The Labute approximate surface area is 127 Å². The van der Waals surface area contributed by atoms with Gasteiger partial charge in [-0.15, -0.1) is 0 Å². The number of rotatable bonds is 6. The van der Waals surface area contributed by atoms with E-state index in [2.05, 4.69) is 4.99 Å². The van der Waals surface area contributed by atoms with E-state index in [1.807, 2.05) is 18.7 Å². The highest BCUT2D eigenvalue weighted by atomic mass is 32.2. The molecule has 6 nitrogen and oxygen atoms in total. The zero-order valence-corrected chi connectivity index (χ0v) is 13.9. The number of nitrogens with zero attached hydrogens (tertiary/aromatic N) is 3. The van der Waals surface area contributed by atoms with Gasteiger partial charge in [0.15, 0.2) is 5.96 Å². The monoisotopic (exact) mass is 312 g/mol. The molecule has 0 radical (unpaired) electrons. The Morgan fingerprint density at radius 3 is 2.10 bits per heavy atom. The molecule has 0 aromatic heterocycles. The van der Waals surface area contributed by atoms with Crippen molar-refractivity contribution in [3.63, 3.8) is 0 Å². The average Bonchev–Trinajstić information content (AvgIpc) is 2.46. The first-order valence-corrected chi connectivity index (χ1v) is 8.33. The Balaban J connectivity index is 2.83. The molecule has 7 heteroatoms. The molecule has 0 fully saturated rings. The lowest BCUT2D eigenvalue weighted by molar-refractivity contribution is 0.458. The minimum absolute atomic E-state index is 0.275. The second-order valence-electron chi connectivity index (χ2n) is 4.78. The maximum absolute atomic E-state index is 11.9. The van der Waals surface area contributed by atoms with E-state index in [9.17, 15) is 8.42 Å². The van der Waals surface area contributed by atoms with Gasteiger partial charge in [-0.3, -0.25) is 0 Å². The van der Waals surface area contributed by atoms with Crippen molar-refractivity contribution in [3.8, 4) is 0 Å². The average molecular weight is 312 g/mol. The van der Waals surface area contributed by atoms with Crippen molar-refractivity contribution in [1.82, 2.24) is 9.21 Å². The fourth-order valence-corrected chi connectivity index (χ4v) is 2.70. The zero-order valence-electron chi connectivity index (χ0n) is 13.1. The van der Waals surface area contributed by atoms with E-state index < -0.39 is 10.0 Å². The number of guanidine groups is 1. The molecular weight excluding hydrogens is 288 g/mol. The summed E-state index contributed by atoms with van der Waals surface area (Å²) in [6, 6.07) is 6.70. The minimum Gasteiger partial charge on any atom is -0.370 e. The first-order chi connectivity index (χ1) is 9.82. The lowest BCUT2D eigenvalue weighted by Gasteiger charge is -2.19. The second kappa shape index (κ2) is 7.42. The van der Waals surface area contributed by atoms with E-state index >= 15 is 0 Å². The quantitative estimate of drug-likeness (QED) is 0.630. The van der Waals surface area contributed by atoms with E-state index in [-0.39, 0.29) is 4.90 Å². The predicted molar refractivity (Wildman–Crippen MR) is 85.6 cm³/mol. The van der Waals surface area contributed by atoms with Crippen LogP contribution in [0.4, 0.5) is 0 Å². The van der Waals surface area contributed by atoms with Crippen LogP contribution >= 0.6 is 0 Å². The normalized spacial score (nSPS) is 12.7. The molecule has 0 aliphatic carbocycles. The van der Waals surface area contributed by atoms with Crippen LogP contribution < -0.4 is 5.73 Å². The molecule has 1 rings (SSSR count). The lowest BCUT2D eigenvalue weighted by atomic mass is 10.2. The molecular formula is C14H24N4O2S. The number of hydrogen-bond donors (Lipinski definition) is 1. The highest BCUT2D eigenvalue weighted by Crippen LogP contribution is 2.14. The zero-order chi connectivity index (χ0) is 16.0. The summed E-state index contributed by atoms with van der Waals surface area (Å²) >= 11 is 0. The molecule has 0 aliphatic rings. The van der Waals surface area contributed by atoms with Gasteiger partial charge in [-0.05, 0) is 31.5 Å². The molecule has 0 atom stereocenters. The Morgan fingerprint density at radius 2 is 1.67 bits per heavy atom. The summed E-state index contributed by atoms with van der Waals surface area (Å²) in [7, 11) is -0.357. The van der Waals surface area contributed by atoms with E-state index in [1.54, 1.807) is 24.3 Å². The highest BCUT2D eigenvalue weighted by molar-refractivity contribution is 7.89. The van der Waals surface area contributed by atoms with Crippen LogP contribution in [0.15, 0.2) is 34.2 Å². The van der Waals surface area contributed by atoms with Crippen molar-refractivity contribution >= 4 is 16.0 Å². The van der Waals surface area contributed by atoms with Crippen LogP contribution in [-0.4, -0.2) is 50.8 Å². The van der Waals surface area contributed by atoms with Crippen molar-refractivity contribution < 1.29 is 8.42 Å². The molecule has 0 unspecified atom stereocenters. The Morgan fingerprint density at radius 1 is 1.14 bits per heavy atom. The first kappa shape index (κ1) is 17.5. The third-order valence-electron chi connectivity index (χ3n) is 3.21. The number of benzene rings is 1. The number of nitrogens with two attached hydrogens (primary N) is 1. The van der Waals surface area contributed by atoms with Gasteiger partial charge in [-0.2, -0.15) is 0 Å². The summed E-state index contributed by atoms with van der Waals surface area (Å²) in [6.45, 7) is 6.10. The van der Waals surface area contributed by atoms with Crippen LogP contribution in [-0.2, 0) is 16.6 Å². The van der Waals surface area contributed by atoms with Crippen LogP contribution in [0.2, 0.25) is 0 Å².